The summed E-state index contributed by atoms with van der Waals surface area (Å²) in [5.41, 5.74) is 3.43. The molecular formula is C27H22N6O5. The van der Waals surface area contributed by atoms with Crippen molar-refractivity contribution < 1.29 is 14.6 Å². The van der Waals surface area contributed by atoms with Gasteiger partial charge in [-0.25, -0.2) is 9.97 Å². The second-order valence-electron chi connectivity index (χ2n) is 8.30. The summed E-state index contributed by atoms with van der Waals surface area (Å²) in [6, 6.07) is 15.6. The molecule has 0 saturated carbocycles. The molecule has 0 bridgehead atoms. The van der Waals surface area contributed by atoms with Gasteiger partial charge in [-0.1, -0.05) is 0 Å². The second-order valence-corrected chi connectivity index (χ2v) is 8.30. The Morgan fingerprint density at radius 2 is 1.32 bits per heavy atom. The Kier molecular flexibility index (Phi) is 7.48. The highest BCUT2D eigenvalue weighted by atomic mass is 16.6. The molecule has 2 N–H and O–H groups in total. The van der Waals surface area contributed by atoms with Gasteiger partial charge in [-0.15, -0.1) is 0 Å². The number of nitro groups is 2. The maximum Gasteiger partial charge on any atom is 0.269 e. The van der Waals surface area contributed by atoms with Gasteiger partial charge in [0.15, 0.2) is 5.78 Å². The minimum atomic E-state index is -0.470. The molecule has 11 nitrogen and oxygen atoms in total. The summed E-state index contributed by atoms with van der Waals surface area (Å²) in [5, 5.41) is 28.3. The summed E-state index contributed by atoms with van der Waals surface area (Å²) in [4.78, 5) is 42.9. The number of hydrogen-bond donors (Lipinski definition) is 2. The van der Waals surface area contributed by atoms with Crippen LogP contribution in [0.25, 0.3) is 6.08 Å². The van der Waals surface area contributed by atoms with Crippen LogP contribution in [0, 0.1) is 34.1 Å². The van der Waals surface area contributed by atoms with Gasteiger partial charge in [0.2, 0.25) is 0 Å². The molecule has 38 heavy (non-hydrogen) atoms. The molecule has 2 aromatic heterocycles. The third-order valence-corrected chi connectivity index (χ3v) is 5.67. The Hall–Kier alpha value is -5.45. The lowest BCUT2D eigenvalue weighted by Gasteiger charge is -2.12. The first-order chi connectivity index (χ1) is 18.2. The first-order valence-electron chi connectivity index (χ1n) is 11.4. The van der Waals surface area contributed by atoms with E-state index >= 15 is 0 Å². The van der Waals surface area contributed by atoms with Crippen molar-refractivity contribution in [2.45, 2.75) is 13.8 Å². The lowest BCUT2D eigenvalue weighted by Crippen LogP contribution is -2.05. The molecule has 4 aromatic rings. The molecule has 0 aliphatic carbocycles. The Bertz CT molecular complexity index is 1580. The summed E-state index contributed by atoms with van der Waals surface area (Å²) < 4.78 is 0. The van der Waals surface area contributed by atoms with Gasteiger partial charge in [0.05, 0.1) is 15.4 Å². The number of benzene rings is 2. The van der Waals surface area contributed by atoms with Crippen molar-refractivity contribution in [3.05, 3.63) is 122 Å². The van der Waals surface area contributed by atoms with E-state index in [4.69, 9.17) is 0 Å². The average Bonchev–Trinajstić information content (AvgIpc) is 2.90. The maximum atomic E-state index is 13.1. The quantitative estimate of drug-likeness (QED) is 0.114. The van der Waals surface area contributed by atoms with Crippen molar-refractivity contribution >= 4 is 46.2 Å². The van der Waals surface area contributed by atoms with Crippen molar-refractivity contribution in [1.82, 2.24) is 9.97 Å². The van der Waals surface area contributed by atoms with Gasteiger partial charge in [-0.2, -0.15) is 0 Å². The van der Waals surface area contributed by atoms with Crippen LogP contribution in [0.4, 0.5) is 34.4 Å². The van der Waals surface area contributed by atoms with Gasteiger partial charge in [-0.3, -0.25) is 25.0 Å². The van der Waals surface area contributed by atoms with Crippen LogP contribution in [0.2, 0.25) is 0 Å². The van der Waals surface area contributed by atoms with Gasteiger partial charge in [-0.05, 0) is 73.5 Å². The standard InChI is InChI=1S/C27H22N6O5/c1-17-15-20(32(35)36)8-10-23(17)30-26-19(5-3-13-28-26)7-12-25(34)22-6-4-14-29-27(22)31-24-11-9-21(33(37)38)16-18(24)2/h3-16H,1-2H3,(H,28,30)(H,29,31)/b12-7+. The van der Waals surface area contributed by atoms with E-state index in [9.17, 15) is 25.0 Å². The largest absolute Gasteiger partial charge is 0.340 e. The average molecular weight is 511 g/mol. The number of carbonyl (C=O) groups excluding carboxylic acids is 1. The lowest BCUT2D eigenvalue weighted by atomic mass is 10.1. The zero-order valence-corrected chi connectivity index (χ0v) is 20.4. The number of allylic oxidation sites excluding steroid dienone is 1. The van der Waals surface area contributed by atoms with Crippen LogP contribution in [-0.2, 0) is 0 Å². The minimum Gasteiger partial charge on any atom is -0.340 e. The highest BCUT2D eigenvalue weighted by molar-refractivity contribution is 6.10. The van der Waals surface area contributed by atoms with Crippen molar-refractivity contribution in [3.8, 4) is 0 Å². The number of pyridine rings is 2. The van der Waals surface area contributed by atoms with E-state index in [1.165, 1.54) is 30.3 Å². The third kappa shape index (κ3) is 5.85. The molecule has 0 aliphatic rings. The zero-order chi connectivity index (χ0) is 27.2. The van der Waals surface area contributed by atoms with E-state index in [1.54, 1.807) is 68.7 Å². The number of hydrogen-bond acceptors (Lipinski definition) is 9. The molecule has 4 rings (SSSR count). The predicted molar refractivity (Wildman–Crippen MR) is 144 cm³/mol. The molecule has 190 valence electrons. The monoisotopic (exact) mass is 510 g/mol. The summed E-state index contributed by atoms with van der Waals surface area (Å²) >= 11 is 0. The van der Waals surface area contributed by atoms with Crippen LogP contribution in [-0.4, -0.2) is 25.6 Å². The molecule has 2 aromatic carbocycles. The van der Waals surface area contributed by atoms with E-state index in [2.05, 4.69) is 20.6 Å². The van der Waals surface area contributed by atoms with Gasteiger partial charge in [0.1, 0.15) is 11.6 Å². The third-order valence-electron chi connectivity index (χ3n) is 5.67. The molecule has 11 heteroatoms. The van der Waals surface area contributed by atoms with Crippen LogP contribution < -0.4 is 10.6 Å². The van der Waals surface area contributed by atoms with Crippen LogP contribution in [0.5, 0.6) is 0 Å². The zero-order valence-electron chi connectivity index (χ0n) is 20.4. The fourth-order valence-electron chi connectivity index (χ4n) is 3.67. The number of anilines is 4. The number of aromatic nitrogens is 2. The molecular weight excluding hydrogens is 488 g/mol. The Labute approximate surface area is 217 Å². The molecule has 0 atom stereocenters. The highest BCUT2D eigenvalue weighted by Crippen LogP contribution is 2.27. The number of aryl methyl sites for hydroxylation is 2. The van der Waals surface area contributed by atoms with Crippen molar-refractivity contribution in [2.75, 3.05) is 10.6 Å². The van der Waals surface area contributed by atoms with Gasteiger partial charge < -0.3 is 10.6 Å². The Morgan fingerprint density at radius 1 is 0.789 bits per heavy atom. The van der Waals surface area contributed by atoms with Gasteiger partial charge in [0.25, 0.3) is 11.4 Å². The molecule has 0 saturated heterocycles. The first kappa shape index (κ1) is 25.6. The molecule has 0 unspecified atom stereocenters. The minimum absolute atomic E-state index is 0.00964. The molecule has 0 aliphatic heterocycles. The van der Waals surface area contributed by atoms with E-state index in [-0.39, 0.29) is 17.2 Å². The van der Waals surface area contributed by atoms with E-state index in [1.807, 2.05) is 0 Å². The smallest absolute Gasteiger partial charge is 0.269 e. The topological polar surface area (TPSA) is 153 Å². The molecule has 0 fully saturated rings. The van der Waals surface area contributed by atoms with Crippen LogP contribution in [0.3, 0.4) is 0 Å². The number of carbonyl (C=O) groups is 1. The summed E-state index contributed by atoms with van der Waals surface area (Å²) in [6.45, 7) is 3.48. The van der Waals surface area contributed by atoms with Crippen LogP contribution in [0.15, 0.2) is 79.1 Å². The highest BCUT2D eigenvalue weighted by Gasteiger charge is 2.14. The molecule has 0 amide bonds. The predicted octanol–water partition coefficient (Wildman–Crippen LogP) is 6.29. The summed E-state index contributed by atoms with van der Waals surface area (Å²) in [7, 11) is 0. The van der Waals surface area contributed by atoms with Crippen molar-refractivity contribution in [3.63, 3.8) is 0 Å². The van der Waals surface area contributed by atoms with Crippen LogP contribution in [0.1, 0.15) is 27.0 Å². The van der Waals surface area contributed by atoms with E-state index in [0.29, 0.717) is 45.3 Å². The maximum absolute atomic E-state index is 13.1. The normalized spacial score (nSPS) is 10.8. The molecule has 2 heterocycles. The van der Waals surface area contributed by atoms with E-state index < -0.39 is 9.85 Å². The summed E-state index contributed by atoms with van der Waals surface area (Å²) in [6.07, 6.45) is 6.15. The molecule has 0 radical (unpaired) electrons. The molecule has 0 spiro atoms. The fraction of sp³-hybridized carbons (Fsp3) is 0.0741. The number of nitrogens with zero attached hydrogens (tertiary/aromatic N) is 4. The van der Waals surface area contributed by atoms with E-state index in [0.717, 1.165) is 0 Å². The fourth-order valence-corrected chi connectivity index (χ4v) is 3.67. The number of nitrogens with one attached hydrogen (secondary N) is 2. The SMILES string of the molecule is Cc1cc([N+](=O)[O-])ccc1Nc1ncccc1/C=C/C(=O)c1cccnc1Nc1ccc([N+](=O)[O-])cc1C. The van der Waals surface area contributed by atoms with Gasteiger partial charge >= 0.3 is 0 Å². The lowest BCUT2D eigenvalue weighted by molar-refractivity contribution is -0.385. The number of rotatable bonds is 9. The van der Waals surface area contributed by atoms with Crippen LogP contribution >= 0.6 is 0 Å². The van der Waals surface area contributed by atoms with Crippen molar-refractivity contribution in [1.29, 1.82) is 0 Å². The number of ketones is 1. The number of non-ortho nitro benzene ring substituents is 2. The summed E-state index contributed by atoms with van der Waals surface area (Å²) in [5.74, 6) is 0.464. The second kappa shape index (κ2) is 11.1. The Balaban J connectivity index is 1.56. The first-order valence-corrected chi connectivity index (χ1v) is 11.4. The Morgan fingerprint density at radius 3 is 1.87 bits per heavy atom. The van der Waals surface area contributed by atoms with Crippen molar-refractivity contribution in [2.24, 2.45) is 0 Å². The number of nitro benzene ring substituents is 2. The van der Waals surface area contributed by atoms with Gasteiger partial charge in [0, 0.05) is 53.6 Å².